The topological polar surface area (TPSA) is 152 Å². The number of carbonyl (C=O) groups excluding carboxylic acids is 1. The third-order valence-electron chi connectivity index (χ3n) is 5.95. The van der Waals surface area contributed by atoms with Gasteiger partial charge in [-0.25, -0.2) is 4.98 Å². The van der Waals surface area contributed by atoms with E-state index in [1.54, 1.807) is 23.3 Å². The van der Waals surface area contributed by atoms with Gasteiger partial charge in [-0.05, 0) is 38.3 Å². The lowest BCUT2D eigenvalue weighted by Crippen LogP contribution is -2.23. The Hall–Kier alpha value is -3.93. The van der Waals surface area contributed by atoms with Crippen molar-refractivity contribution in [2.24, 2.45) is 11.7 Å². The number of hydrogen-bond acceptors (Lipinski definition) is 9. The van der Waals surface area contributed by atoms with Gasteiger partial charge < -0.3 is 15.8 Å². The molecule has 176 valence electrons. The van der Waals surface area contributed by atoms with Gasteiger partial charge in [-0.1, -0.05) is 5.21 Å². The molecule has 34 heavy (non-hydrogen) atoms. The standard InChI is InChI=1S/C22H26N10O2/c1-2-34-8-7-31-13-15(10-26-31)18-6-5-17(11-24-18)32-21-19(29-30-32)12-25-22(28-21)27-16-4-3-14(9-16)20(23)33/h5-6,10-14,16H,2-4,7-9H2,1H3,(H2,23,33)(H,25,27,28). The maximum absolute atomic E-state index is 11.4. The Bertz CT molecular complexity index is 1280. The van der Waals surface area contributed by atoms with Crippen LogP contribution in [0.5, 0.6) is 0 Å². The van der Waals surface area contributed by atoms with Gasteiger partial charge in [-0.15, -0.1) is 5.10 Å². The van der Waals surface area contributed by atoms with Crippen LogP contribution in [-0.4, -0.2) is 64.9 Å². The smallest absolute Gasteiger partial charge is 0.225 e. The first-order valence-electron chi connectivity index (χ1n) is 11.3. The first-order valence-corrected chi connectivity index (χ1v) is 11.3. The molecule has 0 spiro atoms. The molecule has 1 amide bonds. The van der Waals surface area contributed by atoms with Crippen molar-refractivity contribution in [3.63, 3.8) is 0 Å². The van der Waals surface area contributed by atoms with Crippen LogP contribution in [-0.2, 0) is 16.1 Å². The molecule has 1 saturated carbocycles. The van der Waals surface area contributed by atoms with E-state index in [4.69, 9.17) is 10.5 Å². The van der Waals surface area contributed by atoms with Gasteiger partial charge >= 0.3 is 0 Å². The van der Waals surface area contributed by atoms with Gasteiger partial charge in [0.05, 0.1) is 43.1 Å². The van der Waals surface area contributed by atoms with Crippen LogP contribution in [0.2, 0.25) is 0 Å². The van der Waals surface area contributed by atoms with Crippen LogP contribution in [0.1, 0.15) is 26.2 Å². The Morgan fingerprint density at radius 1 is 1.24 bits per heavy atom. The first-order chi connectivity index (χ1) is 16.6. The minimum atomic E-state index is -0.253. The molecule has 0 bridgehead atoms. The highest BCUT2D eigenvalue weighted by molar-refractivity contribution is 5.77. The third-order valence-corrected chi connectivity index (χ3v) is 5.95. The number of ether oxygens (including phenoxy) is 1. The Labute approximate surface area is 195 Å². The molecule has 0 saturated heterocycles. The number of nitrogens with zero attached hydrogens (tertiary/aromatic N) is 8. The van der Waals surface area contributed by atoms with Gasteiger partial charge in [0, 0.05) is 30.3 Å². The molecule has 12 heteroatoms. The lowest BCUT2D eigenvalue weighted by Gasteiger charge is -2.12. The number of carbonyl (C=O) groups is 1. The zero-order chi connectivity index (χ0) is 23.5. The largest absolute Gasteiger partial charge is 0.380 e. The lowest BCUT2D eigenvalue weighted by molar-refractivity contribution is -0.121. The quantitative estimate of drug-likeness (QED) is 0.353. The Kier molecular flexibility index (Phi) is 6.12. The van der Waals surface area contributed by atoms with Gasteiger partial charge in [0.2, 0.25) is 11.9 Å². The van der Waals surface area contributed by atoms with Crippen molar-refractivity contribution in [2.45, 2.75) is 38.8 Å². The SMILES string of the molecule is CCOCCn1cc(-c2ccc(-n3nnc4cnc(NC5CCC(C(N)=O)C5)nc43)cn2)cn1. The normalized spacial score (nSPS) is 17.9. The van der Waals surface area contributed by atoms with Gasteiger partial charge in [0.1, 0.15) is 0 Å². The molecule has 1 aliphatic rings. The number of aromatic nitrogens is 8. The molecule has 1 fully saturated rings. The second kappa shape index (κ2) is 9.51. The van der Waals surface area contributed by atoms with Gasteiger partial charge in [-0.3, -0.25) is 14.5 Å². The number of pyridine rings is 1. The summed E-state index contributed by atoms with van der Waals surface area (Å²) < 4.78 is 8.85. The molecule has 0 radical (unpaired) electrons. The molecule has 0 aromatic carbocycles. The van der Waals surface area contributed by atoms with E-state index in [9.17, 15) is 4.79 Å². The highest BCUT2D eigenvalue weighted by Gasteiger charge is 2.29. The molecular formula is C22H26N10O2. The van der Waals surface area contributed by atoms with E-state index in [0.717, 1.165) is 29.8 Å². The zero-order valence-corrected chi connectivity index (χ0v) is 18.8. The Balaban J connectivity index is 1.32. The number of nitrogens with two attached hydrogens (primary N) is 1. The molecule has 4 aromatic heterocycles. The van der Waals surface area contributed by atoms with Gasteiger partial charge in [-0.2, -0.15) is 14.8 Å². The zero-order valence-electron chi connectivity index (χ0n) is 18.8. The molecule has 3 N–H and O–H groups in total. The number of fused-ring (bicyclic) bond motifs is 1. The fraction of sp³-hybridized carbons (Fsp3) is 0.409. The van der Waals surface area contributed by atoms with Gasteiger partial charge in [0.15, 0.2) is 11.2 Å². The number of hydrogen-bond donors (Lipinski definition) is 2. The predicted molar refractivity (Wildman–Crippen MR) is 124 cm³/mol. The Morgan fingerprint density at radius 2 is 2.15 bits per heavy atom. The first kappa shape index (κ1) is 21.9. The fourth-order valence-electron chi connectivity index (χ4n) is 4.13. The van der Waals surface area contributed by atoms with Crippen molar-refractivity contribution < 1.29 is 9.53 Å². The highest BCUT2D eigenvalue weighted by atomic mass is 16.5. The molecule has 1 aliphatic carbocycles. The van der Waals surface area contributed by atoms with Crippen LogP contribution in [0.15, 0.2) is 36.9 Å². The van der Waals surface area contributed by atoms with Gasteiger partial charge in [0.25, 0.3) is 0 Å². The summed E-state index contributed by atoms with van der Waals surface area (Å²) in [5.74, 6) is 0.113. The number of anilines is 1. The molecule has 4 aromatic rings. The van der Waals surface area contributed by atoms with E-state index in [0.29, 0.717) is 43.3 Å². The second-order valence-electron chi connectivity index (χ2n) is 8.25. The summed E-state index contributed by atoms with van der Waals surface area (Å²) in [5.41, 5.74) is 9.04. The summed E-state index contributed by atoms with van der Waals surface area (Å²) in [4.78, 5) is 25.0. The minimum absolute atomic E-state index is 0.102. The summed E-state index contributed by atoms with van der Waals surface area (Å²) in [5, 5.41) is 16.1. The van der Waals surface area contributed by atoms with Crippen LogP contribution >= 0.6 is 0 Å². The third kappa shape index (κ3) is 4.57. The van der Waals surface area contributed by atoms with Crippen molar-refractivity contribution >= 4 is 23.0 Å². The molecule has 2 atom stereocenters. The van der Waals surface area contributed by atoms with Crippen LogP contribution in [0.25, 0.3) is 28.1 Å². The van der Waals surface area contributed by atoms with E-state index in [2.05, 4.69) is 35.7 Å². The highest BCUT2D eigenvalue weighted by Crippen LogP contribution is 2.27. The summed E-state index contributed by atoms with van der Waals surface area (Å²) >= 11 is 0. The van der Waals surface area contributed by atoms with E-state index in [1.165, 1.54) is 0 Å². The number of nitrogens with one attached hydrogen (secondary N) is 1. The van der Waals surface area contributed by atoms with Crippen molar-refractivity contribution in [1.29, 1.82) is 0 Å². The van der Waals surface area contributed by atoms with E-state index < -0.39 is 0 Å². The van der Waals surface area contributed by atoms with E-state index in [1.807, 2.05) is 29.9 Å². The summed E-state index contributed by atoms with van der Waals surface area (Å²) in [6.45, 7) is 3.97. The van der Waals surface area contributed by atoms with Crippen LogP contribution in [0, 0.1) is 5.92 Å². The average molecular weight is 463 g/mol. The molecule has 4 heterocycles. The predicted octanol–water partition coefficient (Wildman–Crippen LogP) is 1.57. The number of rotatable bonds is 9. The van der Waals surface area contributed by atoms with E-state index >= 15 is 0 Å². The Morgan fingerprint density at radius 3 is 2.91 bits per heavy atom. The molecule has 0 aliphatic heterocycles. The molecule has 5 rings (SSSR count). The number of amides is 1. The maximum Gasteiger partial charge on any atom is 0.225 e. The van der Waals surface area contributed by atoms with Crippen molar-refractivity contribution in [3.8, 4) is 16.9 Å². The van der Waals surface area contributed by atoms with Crippen molar-refractivity contribution in [2.75, 3.05) is 18.5 Å². The average Bonchev–Trinajstić information content (AvgIpc) is 3.59. The van der Waals surface area contributed by atoms with E-state index in [-0.39, 0.29) is 17.9 Å². The lowest BCUT2D eigenvalue weighted by atomic mass is 10.1. The van der Waals surface area contributed by atoms with Crippen molar-refractivity contribution in [1.82, 2.24) is 39.7 Å². The summed E-state index contributed by atoms with van der Waals surface area (Å²) in [6.07, 6.45) is 9.40. The summed E-state index contributed by atoms with van der Waals surface area (Å²) in [6, 6.07) is 3.93. The van der Waals surface area contributed by atoms with Crippen LogP contribution in [0.4, 0.5) is 5.95 Å². The second-order valence-corrected chi connectivity index (χ2v) is 8.25. The maximum atomic E-state index is 11.4. The fourth-order valence-corrected chi connectivity index (χ4v) is 4.13. The molecular weight excluding hydrogens is 436 g/mol. The monoisotopic (exact) mass is 462 g/mol. The van der Waals surface area contributed by atoms with Crippen molar-refractivity contribution in [3.05, 3.63) is 36.9 Å². The summed E-state index contributed by atoms with van der Waals surface area (Å²) in [7, 11) is 0. The molecule has 2 unspecified atom stereocenters. The molecule has 12 nitrogen and oxygen atoms in total. The van der Waals surface area contributed by atoms with Crippen LogP contribution < -0.4 is 11.1 Å². The van der Waals surface area contributed by atoms with Crippen LogP contribution in [0.3, 0.4) is 0 Å². The minimum Gasteiger partial charge on any atom is -0.380 e. The number of primary amides is 1.